The van der Waals surface area contributed by atoms with Crippen LogP contribution in [0.4, 0.5) is 0 Å². The van der Waals surface area contributed by atoms with Gasteiger partial charge in [-0.15, -0.1) is 0 Å². The van der Waals surface area contributed by atoms with Crippen LogP contribution < -0.4 is 0 Å². The van der Waals surface area contributed by atoms with E-state index in [0.717, 1.165) is 19.3 Å². The standard InChI is InChI=1S/C22H34O6/c1-2-3-4-5-6-7-8-9-10-11-17(23)12-13-18(24)21-16-19(25)20(28-21)14-15-22(26)27/h3-4,6-7,9-10,12-13,17-21,23-25H,2,5,8,11,14-16H2,1H3,(H,26,27)/b4-3-,7-6-,10-9-,13-12+/t17-,18+,19-,20-,21-/m0/s1. The Morgan fingerprint density at radius 1 is 1.07 bits per heavy atom. The second-order valence-corrected chi connectivity index (χ2v) is 6.92. The monoisotopic (exact) mass is 394 g/mol. The van der Waals surface area contributed by atoms with Gasteiger partial charge in [0.25, 0.3) is 0 Å². The van der Waals surface area contributed by atoms with Crippen LogP contribution in [0, 0.1) is 0 Å². The van der Waals surface area contributed by atoms with E-state index in [1.807, 2.05) is 12.2 Å². The van der Waals surface area contributed by atoms with Crippen LogP contribution in [0.1, 0.15) is 51.9 Å². The smallest absolute Gasteiger partial charge is 0.303 e. The summed E-state index contributed by atoms with van der Waals surface area (Å²) in [6, 6.07) is 0. The zero-order valence-electron chi connectivity index (χ0n) is 16.6. The first kappa shape index (κ1) is 24.3. The Bertz CT molecular complexity index is 551. The second kappa shape index (κ2) is 14.3. The van der Waals surface area contributed by atoms with Crippen LogP contribution in [-0.2, 0) is 9.53 Å². The highest BCUT2D eigenvalue weighted by Crippen LogP contribution is 2.26. The minimum atomic E-state index is -0.956. The van der Waals surface area contributed by atoms with Crippen molar-refractivity contribution in [2.24, 2.45) is 0 Å². The molecule has 1 heterocycles. The molecule has 1 aliphatic heterocycles. The molecule has 1 fully saturated rings. The highest BCUT2D eigenvalue weighted by Gasteiger charge is 2.36. The van der Waals surface area contributed by atoms with E-state index in [9.17, 15) is 20.1 Å². The molecule has 0 aliphatic carbocycles. The third kappa shape index (κ3) is 10.6. The molecular weight excluding hydrogens is 360 g/mol. The van der Waals surface area contributed by atoms with Crippen LogP contribution in [-0.4, -0.2) is 56.9 Å². The fourth-order valence-electron chi connectivity index (χ4n) is 2.90. The van der Waals surface area contributed by atoms with Crippen molar-refractivity contribution in [1.29, 1.82) is 0 Å². The van der Waals surface area contributed by atoms with Gasteiger partial charge in [0.1, 0.15) is 0 Å². The van der Waals surface area contributed by atoms with E-state index in [0.29, 0.717) is 6.42 Å². The Balaban J connectivity index is 2.28. The number of carboxylic acid groups (broad SMARTS) is 1. The number of hydrogen-bond donors (Lipinski definition) is 4. The van der Waals surface area contributed by atoms with E-state index in [1.54, 1.807) is 0 Å². The maximum atomic E-state index is 10.6. The number of allylic oxidation sites excluding steroid dienone is 5. The summed E-state index contributed by atoms with van der Waals surface area (Å²) in [6.07, 6.45) is 15.3. The Labute approximate surface area is 167 Å². The minimum absolute atomic E-state index is 0.0872. The lowest BCUT2D eigenvalue weighted by Gasteiger charge is -2.16. The average Bonchev–Trinajstić information content (AvgIpc) is 3.04. The fraction of sp³-hybridized carbons (Fsp3) is 0.591. The number of hydrogen-bond acceptors (Lipinski definition) is 5. The van der Waals surface area contributed by atoms with Gasteiger partial charge in [0.05, 0.1) is 30.5 Å². The molecule has 0 unspecified atom stereocenters. The Morgan fingerprint density at radius 3 is 2.36 bits per heavy atom. The van der Waals surface area contributed by atoms with E-state index >= 15 is 0 Å². The number of aliphatic hydroxyl groups excluding tert-OH is 3. The molecule has 28 heavy (non-hydrogen) atoms. The van der Waals surface area contributed by atoms with E-state index in [-0.39, 0.29) is 19.3 Å². The summed E-state index contributed by atoms with van der Waals surface area (Å²) in [7, 11) is 0. The van der Waals surface area contributed by atoms with Crippen molar-refractivity contribution >= 4 is 5.97 Å². The van der Waals surface area contributed by atoms with Crippen molar-refractivity contribution in [3.05, 3.63) is 48.6 Å². The van der Waals surface area contributed by atoms with Crippen LogP contribution in [0.15, 0.2) is 48.6 Å². The Morgan fingerprint density at radius 2 is 1.71 bits per heavy atom. The number of aliphatic carboxylic acids is 1. The van der Waals surface area contributed by atoms with Crippen molar-refractivity contribution in [2.45, 2.75) is 82.4 Å². The van der Waals surface area contributed by atoms with Crippen LogP contribution in [0.3, 0.4) is 0 Å². The number of ether oxygens (including phenoxy) is 1. The predicted molar refractivity (Wildman–Crippen MR) is 109 cm³/mol. The topological polar surface area (TPSA) is 107 Å². The van der Waals surface area contributed by atoms with Crippen molar-refractivity contribution in [3.63, 3.8) is 0 Å². The van der Waals surface area contributed by atoms with E-state index in [2.05, 4.69) is 31.2 Å². The SMILES string of the molecule is CC/C=C\C/C=C\C/C=C\C[C@H](O)/C=C/[C@@H](O)[C@@H]1C[C@H](O)[C@H](CCC(=O)O)O1. The molecule has 0 bridgehead atoms. The summed E-state index contributed by atoms with van der Waals surface area (Å²) in [6.45, 7) is 2.10. The highest BCUT2D eigenvalue weighted by atomic mass is 16.5. The summed E-state index contributed by atoms with van der Waals surface area (Å²) < 4.78 is 5.56. The first-order chi connectivity index (χ1) is 13.4. The van der Waals surface area contributed by atoms with Gasteiger partial charge in [-0.3, -0.25) is 4.79 Å². The molecule has 158 valence electrons. The van der Waals surface area contributed by atoms with Crippen molar-refractivity contribution in [3.8, 4) is 0 Å². The van der Waals surface area contributed by atoms with Crippen molar-refractivity contribution in [2.75, 3.05) is 0 Å². The van der Waals surface area contributed by atoms with Gasteiger partial charge in [0.2, 0.25) is 0 Å². The quantitative estimate of drug-likeness (QED) is 0.358. The second-order valence-electron chi connectivity index (χ2n) is 6.92. The molecule has 6 nitrogen and oxygen atoms in total. The number of rotatable bonds is 13. The summed E-state index contributed by atoms with van der Waals surface area (Å²) in [4.78, 5) is 10.6. The van der Waals surface area contributed by atoms with E-state index in [1.165, 1.54) is 12.2 Å². The van der Waals surface area contributed by atoms with Gasteiger partial charge in [-0.2, -0.15) is 0 Å². The van der Waals surface area contributed by atoms with Crippen molar-refractivity contribution < 1.29 is 30.0 Å². The summed E-state index contributed by atoms with van der Waals surface area (Å²) in [5.74, 6) is -0.945. The third-order valence-corrected chi connectivity index (χ3v) is 4.46. The van der Waals surface area contributed by atoms with Gasteiger partial charge >= 0.3 is 5.97 Å². The van der Waals surface area contributed by atoms with Crippen molar-refractivity contribution in [1.82, 2.24) is 0 Å². The van der Waals surface area contributed by atoms with Gasteiger partial charge in [-0.1, -0.05) is 55.5 Å². The molecule has 0 aromatic carbocycles. The van der Waals surface area contributed by atoms with Gasteiger partial charge in [0, 0.05) is 12.8 Å². The Hall–Kier alpha value is -1.73. The molecule has 0 saturated carbocycles. The first-order valence-electron chi connectivity index (χ1n) is 9.98. The summed E-state index contributed by atoms with van der Waals surface area (Å²) >= 11 is 0. The molecule has 0 radical (unpaired) electrons. The molecule has 1 saturated heterocycles. The fourth-order valence-corrected chi connectivity index (χ4v) is 2.90. The molecule has 1 rings (SSSR count). The lowest BCUT2D eigenvalue weighted by Crippen LogP contribution is -2.25. The zero-order valence-corrected chi connectivity index (χ0v) is 16.6. The number of carbonyl (C=O) groups is 1. The molecule has 0 spiro atoms. The molecule has 0 amide bonds. The lowest BCUT2D eigenvalue weighted by atomic mass is 10.0. The number of aliphatic hydroxyl groups is 3. The van der Waals surface area contributed by atoms with Gasteiger partial charge < -0.3 is 25.2 Å². The maximum Gasteiger partial charge on any atom is 0.303 e. The van der Waals surface area contributed by atoms with Gasteiger partial charge in [-0.25, -0.2) is 0 Å². The third-order valence-electron chi connectivity index (χ3n) is 4.46. The van der Waals surface area contributed by atoms with Crippen LogP contribution in [0.5, 0.6) is 0 Å². The van der Waals surface area contributed by atoms with E-state index in [4.69, 9.17) is 9.84 Å². The lowest BCUT2D eigenvalue weighted by molar-refractivity contribution is -0.138. The summed E-state index contributed by atoms with van der Waals surface area (Å²) in [5, 5.41) is 38.7. The maximum absolute atomic E-state index is 10.6. The molecule has 0 aromatic rings. The number of carboxylic acids is 1. The van der Waals surface area contributed by atoms with Gasteiger partial charge in [-0.05, 0) is 32.1 Å². The molecule has 4 N–H and O–H groups in total. The predicted octanol–water partition coefficient (Wildman–Crippen LogP) is 2.90. The highest BCUT2D eigenvalue weighted by molar-refractivity contribution is 5.66. The Kier molecular flexibility index (Phi) is 12.4. The molecular formula is C22H34O6. The molecule has 1 aliphatic rings. The first-order valence-corrected chi connectivity index (χ1v) is 9.98. The molecule has 5 atom stereocenters. The van der Waals surface area contributed by atoms with Crippen LogP contribution in [0.25, 0.3) is 0 Å². The average molecular weight is 395 g/mol. The largest absolute Gasteiger partial charge is 0.481 e. The van der Waals surface area contributed by atoms with Gasteiger partial charge in [0.15, 0.2) is 0 Å². The minimum Gasteiger partial charge on any atom is -0.481 e. The normalized spacial score (nSPS) is 25.5. The summed E-state index contributed by atoms with van der Waals surface area (Å²) in [5.41, 5.74) is 0. The molecule has 0 aromatic heterocycles. The zero-order chi connectivity index (χ0) is 20.8. The van der Waals surface area contributed by atoms with Crippen LogP contribution in [0.2, 0.25) is 0 Å². The van der Waals surface area contributed by atoms with E-state index < -0.39 is 36.5 Å². The van der Waals surface area contributed by atoms with Crippen LogP contribution >= 0.6 is 0 Å². The molecule has 6 heteroatoms.